The summed E-state index contributed by atoms with van der Waals surface area (Å²) in [5.41, 5.74) is 1.26. The number of carbonyl (C=O) groups is 1. The predicted octanol–water partition coefficient (Wildman–Crippen LogP) is 1.63. The molecule has 2 fully saturated rings. The van der Waals surface area contributed by atoms with Crippen molar-refractivity contribution >= 4 is 30.7 Å². The highest BCUT2D eigenvalue weighted by Gasteiger charge is 2.26. The highest BCUT2D eigenvalue weighted by molar-refractivity contribution is 5.85. The summed E-state index contributed by atoms with van der Waals surface area (Å²) in [6.07, 6.45) is 0.944. The van der Waals surface area contributed by atoms with E-state index in [1.165, 1.54) is 5.56 Å². The fourth-order valence-electron chi connectivity index (χ4n) is 3.24. The number of benzene rings is 1. The fraction of sp³-hybridized carbons (Fsp3) is 0.588. The van der Waals surface area contributed by atoms with E-state index in [0.29, 0.717) is 6.54 Å². The third-order valence-corrected chi connectivity index (χ3v) is 4.57. The van der Waals surface area contributed by atoms with Gasteiger partial charge in [0.15, 0.2) is 0 Å². The van der Waals surface area contributed by atoms with Crippen molar-refractivity contribution in [3.05, 3.63) is 35.9 Å². The fourth-order valence-corrected chi connectivity index (χ4v) is 3.24. The van der Waals surface area contributed by atoms with Crippen LogP contribution in [0.4, 0.5) is 0 Å². The summed E-state index contributed by atoms with van der Waals surface area (Å²) in [7, 11) is 0. The van der Waals surface area contributed by atoms with Crippen molar-refractivity contribution < 1.29 is 9.53 Å². The second kappa shape index (κ2) is 10.9. The van der Waals surface area contributed by atoms with Gasteiger partial charge in [0.1, 0.15) is 0 Å². The maximum Gasteiger partial charge on any atom is 0.224 e. The van der Waals surface area contributed by atoms with E-state index in [0.717, 1.165) is 45.8 Å². The van der Waals surface area contributed by atoms with Crippen LogP contribution in [0.5, 0.6) is 0 Å². The zero-order valence-electron chi connectivity index (χ0n) is 13.8. The number of halogens is 2. The lowest BCUT2D eigenvalue weighted by molar-refractivity contribution is -0.124. The van der Waals surface area contributed by atoms with Gasteiger partial charge < -0.3 is 15.4 Å². The molecule has 0 saturated carbocycles. The molecule has 5 nitrogen and oxygen atoms in total. The van der Waals surface area contributed by atoms with E-state index >= 15 is 0 Å². The summed E-state index contributed by atoms with van der Waals surface area (Å²) in [4.78, 5) is 14.7. The third kappa shape index (κ3) is 5.60. The van der Waals surface area contributed by atoms with Gasteiger partial charge in [0, 0.05) is 26.2 Å². The molecule has 1 aromatic rings. The molecule has 0 bridgehead atoms. The van der Waals surface area contributed by atoms with E-state index < -0.39 is 0 Å². The maximum absolute atomic E-state index is 12.3. The average molecular weight is 376 g/mol. The van der Waals surface area contributed by atoms with Crippen LogP contribution >= 0.6 is 24.8 Å². The van der Waals surface area contributed by atoms with Crippen molar-refractivity contribution in [1.82, 2.24) is 15.5 Å². The molecule has 1 aromatic carbocycles. The van der Waals surface area contributed by atoms with Gasteiger partial charge in [-0.1, -0.05) is 30.3 Å². The molecule has 0 radical (unpaired) electrons. The first-order valence-corrected chi connectivity index (χ1v) is 8.20. The first-order valence-electron chi connectivity index (χ1n) is 8.20. The summed E-state index contributed by atoms with van der Waals surface area (Å²) in [5.74, 6) is 0.306. The minimum atomic E-state index is 0. The van der Waals surface area contributed by atoms with E-state index in [4.69, 9.17) is 4.74 Å². The molecular weight excluding hydrogens is 349 g/mol. The largest absolute Gasteiger partial charge is 0.379 e. The van der Waals surface area contributed by atoms with Crippen molar-refractivity contribution in [1.29, 1.82) is 0 Å². The molecule has 0 aliphatic carbocycles. The molecule has 2 unspecified atom stereocenters. The standard InChI is InChI=1S/C17H25N3O2.2ClH/c21-17(15-6-7-18-12-15)19-13-16(14-4-2-1-3-5-14)20-8-10-22-11-9-20;;/h1-5,15-16,18H,6-13H2,(H,19,21);2*1H. The van der Waals surface area contributed by atoms with Gasteiger partial charge in [-0.3, -0.25) is 9.69 Å². The molecular formula is C17H27Cl2N3O2. The molecule has 2 aliphatic rings. The normalized spacial score (nSPS) is 22.1. The number of ether oxygens (including phenoxy) is 1. The van der Waals surface area contributed by atoms with Gasteiger partial charge in [-0.15, -0.1) is 24.8 Å². The third-order valence-electron chi connectivity index (χ3n) is 4.57. The number of hydrogen-bond acceptors (Lipinski definition) is 4. The van der Waals surface area contributed by atoms with Crippen molar-refractivity contribution in [3.8, 4) is 0 Å². The smallest absolute Gasteiger partial charge is 0.224 e. The number of hydrogen-bond donors (Lipinski definition) is 2. The minimum absolute atomic E-state index is 0. The Morgan fingerprint density at radius 1 is 1.25 bits per heavy atom. The zero-order chi connectivity index (χ0) is 15.2. The highest BCUT2D eigenvalue weighted by atomic mass is 35.5. The Labute approximate surface area is 156 Å². The Hall–Kier alpha value is -0.850. The van der Waals surface area contributed by atoms with E-state index in [9.17, 15) is 4.79 Å². The molecule has 3 rings (SSSR count). The van der Waals surface area contributed by atoms with Crippen LogP contribution in [0, 0.1) is 5.92 Å². The van der Waals surface area contributed by atoms with E-state index in [2.05, 4.69) is 39.8 Å². The first kappa shape index (κ1) is 21.2. The molecule has 2 saturated heterocycles. The summed E-state index contributed by atoms with van der Waals surface area (Å²) in [5, 5.41) is 6.41. The van der Waals surface area contributed by atoms with Crippen molar-refractivity contribution in [2.24, 2.45) is 5.92 Å². The second-order valence-corrected chi connectivity index (χ2v) is 6.01. The van der Waals surface area contributed by atoms with Crippen LogP contribution in [-0.4, -0.2) is 56.7 Å². The highest BCUT2D eigenvalue weighted by Crippen LogP contribution is 2.21. The van der Waals surface area contributed by atoms with Crippen LogP contribution in [0.25, 0.3) is 0 Å². The Morgan fingerprint density at radius 2 is 1.96 bits per heavy atom. The molecule has 0 spiro atoms. The van der Waals surface area contributed by atoms with Gasteiger partial charge >= 0.3 is 0 Å². The minimum Gasteiger partial charge on any atom is -0.379 e. The van der Waals surface area contributed by atoms with E-state index in [-0.39, 0.29) is 42.7 Å². The summed E-state index contributed by atoms with van der Waals surface area (Å²) >= 11 is 0. The van der Waals surface area contributed by atoms with Gasteiger partial charge in [-0.25, -0.2) is 0 Å². The number of nitrogens with one attached hydrogen (secondary N) is 2. The van der Waals surface area contributed by atoms with Crippen molar-refractivity contribution in [2.45, 2.75) is 12.5 Å². The Kier molecular flexibility index (Phi) is 9.63. The second-order valence-electron chi connectivity index (χ2n) is 6.01. The number of morpholine rings is 1. The van der Waals surface area contributed by atoms with Crippen LogP contribution < -0.4 is 10.6 Å². The lowest BCUT2D eigenvalue weighted by Crippen LogP contribution is -2.44. The molecule has 2 atom stereocenters. The summed E-state index contributed by atoms with van der Waals surface area (Å²) < 4.78 is 5.46. The molecule has 2 aliphatic heterocycles. The van der Waals surface area contributed by atoms with Gasteiger partial charge in [0.25, 0.3) is 0 Å². The number of rotatable bonds is 5. The number of amides is 1. The van der Waals surface area contributed by atoms with Crippen LogP contribution in [0.3, 0.4) is 0 Å². The van der Waals surface area contributed by atoms with Gasteiger partial charge in [-0.2, -0.15) is 0 Å². The van der Waals surface area contributed by atoms with Gasteiger partial charge in [0.05, 0.1) is 25.2 Å². The summed E-state index contributed by atoms with van der Waals surface area (Å²) in [6, 6.07) is 10.7. The lowest BCUT2D eigenvalue weighted by Gasteiger charge is -2.35. The molecule has 1 amide bonds. The van der Waals surface area contributed by atoms with Crippen molar-refractivity contribution in [2.75, 3.05) is 45.9 Å². The zero-order valence-corrected chi connectivity index (χ0v) is 15.4. The van der Waals surface area contributed by atoms with Gasteiger partial charge in [-0.05, 0) is 18.5 Å². The van der Waals surface area contributed by atoms with Crippen LogP contribution in [-0.2, 0) is 9.53 Å². The SMILES string of the molecule is Cl.Cl.O=C(NCC(c1ccccc1)N1CCOCC1)C1CCNC1. The molecule has 7 heteroatoms. The van der Waals surface area contributed by atoms with Crippen LogP contribution in [0.1, 0.15) is 18.0 Å². The summed E-state index contributed by atoms with van der Waals surface area (Å²) in [6.45, 7) is 5.79. The van der Waals surface area contributed by atoms with Crippen LogP contribution in [0.15, 0.2) is 30.3 Å². The molecule has 2 heterocycles. The predicted molar refractivity (Wildman–Crippen MR) is 100 cm³/mol. The number of carbonyl (C=O) groups excluding carboxylic acids is 1. The number of nitrogens with zero attached hydrogens (tertiary/aromatic N) is 1. The Balaban J connectivity index is 0.00000144. The lowest BCUT2D eigenvalue weighted by atomic mass is 10.0. The van der Waals surface area contributed by atoms with E-state index in [1.807, 2.05) is 6.07 Å². The Bertz CT molecular complexity index is 478. The molecule has 2 N–H and O–H groups in total. The maximum atomic E-state index is 12.3. The molecule has 24 heavy (non-hydrogen) atoms. The average Bonchev–Trinajstić information content (AvgIpc) is 3.11. The molecule has 136 valence electrons. The Morgan fingerprint density at radius 3 is 2.58 bits per heavy atom. The topological polar surface area (TPSA) is 53.6 Å². The van der Waals surface area contributed by atoms with Crippen molar-refractivity contribution in [3.63, 3.8) is 0 Å². The van der Waals surface area contributed by atoms with Gasteiger partial charge in [0.2, 0.25) is 5.91 Å². The van der Waals surface area contributed by atoms with E-state index in [1.54, 1.807) is 0 Å². The first-order chi connectivity index (χ1) is 10.8. The molecule has 0 aromatic heterocycles. The van der Waals surface area contributed by atoms with Crippen LogP contribution in [0.2, 0.25) is 0 Å². The monoisotopic (exact) mass is 375 g/mol. The quantitative estimate of drug-likeness (QED) is 0.820.